The molecule has 0 fully saturated rings. The molecule has 1 aromatic carbocycles. The summed E-state index contributed by atoms with van der Waals surface area (Å²) in [5.41, 5.74) is 2.46. The lowest BCUT2D eigenvalue weighted by Crippen LogP contribution is -1.93. The SMILES string of the molecule is CCCC#CNc1ccccc1CC. The summed E-state index contributed by atoms with van der Waals surface area (Å²) in [5, 5.41) is 3.14. The molecule has 0 spiro atoms. The van der Waals surface area contributed by atoms with Crippen molar-refractivity contribution in [3.63, 3.8) is 0 Å². The van der Waals surface area contributed by atoms with E-state index in [2.05, 4.69) is 49.3 Å². The summed E-state index contributed by atoms with van der Waals surface area (Å²) >= 11 is 0. The molecule has 0 heterocycles. The maximum atomic E-state index is 3.14. The first-order valence-electron chi connectivity index (χ1n) is 5.20. The van der Waals surface area contributed by atoms with Gasteiger partial charge in [0.15, 0.2) is 0 Å². The number of nitrogens with one attached hydrogen (secondary N) is 1. The van der Waals surface area contributed by atoms with E-state index in [1.807, 2.05) is 6.07 Å². The van der Waals surface area contributed by atoms with Crippen molar-refractivity contribution in [3.05, 3.63) is 29.8 Å². The number of unbranched alkanes of at least 4 members (excludes halogenated alkanes) is 1. The van der Waals surface area contributed by atoms with Gasteiger partial charge in [0.1, 0.15) is 0 Å². The van der Waals surface area contributed by atoms with Gasteiger partial charge in [-0.05, 0) is 24.5 Å². The fraction of sp³-hybridized carbons (Fsp3) is 0.385. The molecule has 0 aliphatic heterocycles. The molecule has 0 atom stereocenters. The fourth-order valence-electron chi connectivity index (χ4n) is 1.25. The number of para-hydroxylation sites is 1. The predicted octanol–water partition coefficient (Wildman–Crippen LogP) is 3.42. The highest BCUT2D eigenvalue weighted by Crippen LogP contribution is 2.14. The van der Waals surface area contributed by atoms with Gasteiger partial charge in [-0.1, -0.05) is 38.0 Å². The highest BCUT2D eigenvalue weighted by molar-refractivity contribution is 5.54. The number of hydrogen-bond acceptors (Lipinski definition) is 1. The Kier molecular flexibility index (Phi) is 4.64. The van der Waals surface area contributed by atoms with Gasteiger partial charge in [-0.2, -0.15) is 0 Å². The third-order valence-electron chi connectivity index (χ3n) is 2.06. The number of anilines is 1. The first kappa shape index (κ1) is 10.7. The molecule has 1 N–H and O–H groups in total. The standard InChI is InChI=1S/C13H17N/c1-3-5-8-11-14-13-10-7-6-9-12(13)4-2/h6-7,9-10,14H,3-5H2,1-2H3. The van der Waals surface area contributed by atoms with E-state index >= 15 is 0 Å². The number of aryl methyl sites for hydroxylation is 1. The van der Waals surface area contributed by atoms with Gasteiger partial charge >= 0.3 is 0 Å². The molecular formula is C13H17N. The number of benzene rings is 1. The Morgan fingerprint density at radius 2 is 2.00 bits per heavy atom. The molecule has 0 radical (unpaired) electrons. The lowest BCUT2D eigenvalue weighted by molar-refractivity contribution is 0.983. The molecule has 0 saturated carbocycles. The summed E-state index contributed by atoms with van der Waals surface area (Å²) in [7, 11) is 0. The average Bonchev–Trinajstić information content (AvgIpc) is 2.25. The van der Waals surface area contributed by atoms with E-state index in [9.17, 15) is 0 Å². The smallest absolute Gasteiger partial charge is 0.0490 e. The Bertz CT molecular complexity index is 331. The van der Waals surface area contributed by atoms with E-state index in [-0.39, 0.29) is 0 Å². The predicted molar refractivity (Wildman–Crippen MR) is 62.1 cm³/mol. The highest BCUT2D eigenvalue weighted by atomic mass is 14.8. The Hall–Kier alpha value is -1.42. The van der Waals surface area contributed by atoms with Crippen molar-refractivity contribution in [1.82, 2.24) is 0 Å². The minimum Gasteiger partial charge on any atom is -0.315 e. The Balaban J connectivity index is 2.63. The van der Waals surface area contributed by atoms with Crippen molar-refractivity contribution < 1.29 is 0 Å². The third-order valence-corrected chi connectivity index (χ3v) is 2.06. The minimum absolute atomic E-state index is 0.960. The van der Waals surface area contributed by atoms with Gasteiger partial charge in [0, 0.05) is 18.2 Å². The quantitative estimate of drug-likeness (QED) is 0.564. The van der Waals surface area contributed by atoms with Crippen molar-refractivity contribution in [2.45, 2.75) is 33.1 Å². The molecule has 1 aromatic rings. The van der Waals surface area contributed by atoms with Crippen molar-refractivity contribution in [1.29, 1.82) is 0 Å². The minimum atomic E-state index is 0.960. The summed E-state index contributed by atoms with van der Waals surface area (Å²) in [6, 6.07) is 11.3. The van der Waals surface area contributed by atoms with E-state index in [4.69, 9.17) is 0 Å². The maximum absolute atomic E-state index is 3.14. The lowest BCUT2D eigenvalue weighted by atomic mass is 10.1. The normalized spacial score (nSPS) is 9.00. The first-order valence-corrected chi connectivity index (χ1v) is 5.20. The molecule has 0 unspecified atom stereocenters. The first-order chi connectivity index (χ1) is 6.88. The topological polar surface area (TPSA) is 12.0 Å². The molecule has 74 valence electrons. The van der Waals surface area contributed by atoms with E-state index < -0.39 is 0 Å². The van der Waals surface area contributed by atoms with Crippen LogP contribution in [0.2, 0.25) is 0 Å². The molecule has 1 rings (SSSR count). The molecule has 0 aromatic heterocycles. The molecule has 14 heavy (non-hydrogen) atoms. The third kappa shape index (κ3) is 3.14. The summed E-state index contributed by atoms with van der Waals surface area (Å²) in [6.07, 6.45) is 3.12. The monoisotopic (exact) mass is 187 g/mol. The van der Waals surface area contributed by atoms with Crippen LogP contribution in [0.25, 0.3) is 0 Å². The summed E-state index contributed by atoms with van der Waals surface area (Å²) in [5.74, 6) is 3.07. The van der Waals surface area contributed by atoms with E-state index in [0.29, 0.717) is 0 Å². The van der Waals surface area contributed by atoms with Gasteiger partial charge in [-0.25, -0.2) is 0 Å². The molecule has 1 heteroatoms. The molecule has 0 bridgehead atoms. The van der Waals surface area contributed by atoms with Gasteiger partial charge in [0.2, 0.25) is 0 Å². The van der Waals surface area contributed by atoms with Gasteiger partial charge in [0.25, 0.3) is 0 Å². The van der Waals surface area contributed by atoms with Crippen LogP contribution in [-0.4, -0.2) is 0 Å². The molecule has 0 amide bonds. The molecular weight excluding hydrogens is 170 g/mol. The second-order valence-corrected chi connectivity index (χ2v) is 3.19. The van der Waals surface area contributed by atoms with Crippen LogP contribution in [0.4, 0.5) is 5.69 Å². The van der Waals surface area contributed by atoms with Crippen molar-refractivity contribution >= 4 is 5.69 Å². The molecule has 1 nitrogen and oxygen atoms in total. The van der Waals surface area contributed by atoms with Gasteiger partial charge in [-0.3, -0.25) is 0 Å². The second kappa shape index (κ2) is 6.10. The Morgan fingerprint density at radius 1 is 1.21 bits per heavy atom. The zero-order chi connectivity index (χ0) is 10.2. The van der Waals surface area contributed by atoms with E-state index in [1.54, 1.807) is 0 Å². The van der Waals surface area contributed by atoms with Crippen LogP contribution in [0.1, 0.15) is 32.3 Å². The van der Waals surface area contributed by atoms with Crippen molar-refractivity contribution in [2.24, 2.45) is 0 Å². The van der Waals surface area contributed by atoms with Crippen LogP contribution in [0.3, 0.4) is 0 Å². The van der Waals surface area contributed by atoms with Crippen LogP contribution in [0.15, 0.2) is 24.3 Å². The average molecular weight is 187 g/mol. The lowest BCUT2D eigenvalue weighted by Gasteiger charge is -2.04. The number of rotatable bonds is 3. The van der Waals surface area contributed by atoms with E-state index in [1.165, 1.54) is 5.56 Å². The molecule has 0 aliphatic carbocycles. The highest BCUT2D eigenvalue weighted by Gasteiger charge is 1.95. The zero-order valence-corrected chi connectivity index (χ0v) is 8.93. The second-order valence-electron chi connectivity index (χ2n) is 3.19. The van der Waals surface area contributed by atoms with Crippen molar-refractivity contribution in [2.75, 3.05) is 5.32 Å². The van der Waals surface area contributed by atoms with Crippen molar-refractivity contribution in [3.8, 4) is 12.0 Å². The van der Waals surface area contributed by atoms with E-state index in [0.717, 1.165) is 24.9 Å². The van der Waals surface area contributed by atoms with Crippen LogP contribution >= 0.6 is 0 Å². The molecule has 0 saturated heterocycles. The van der Waals surface area contributed by atoms with Gasteiger partial charge in [0.05, 0.1) is 0 Å². The van der Waals surface area contributed by atoms with Crippen LogP contribution < -0.4 is 5.32 Å². The van der Waals surface area contributed by atoms with Crippen LogP contribution in [0, 0.1) is 12.0 Å². The molecule has 0 aliphatic rings. The zero-order valence-electron chi connectivity index (χ0n) is 8.93. The summed E-state index contributed by atoms with van der Waals surface area (Å²) in [4.78, 5) is 0. The maximum Gasteiger partial charge on any atom is 0.0490 e. The Labute approximate surface area is 86.5 Å². The number of hydrogen-bond donors (Lipinski definition) is 1. The van der Waals surface area contributed by atoms with Gasteiger partial charge < -0.3 is 5.32 Å². The fourth-order valence-corrected chi connectivity index (χ4v) is 1.25. The largest absolute Gasteiger partial charge is 0.315 e. The summed E-state index contributed by atoms with van der Waals surface area (Å²) in [6.45, 7) is 4.29. The Morgan fingerprint density at radius 3 is 2.71 bits per heavy atom. The van der Waals surface area contributed by atoms with Gasteiger partial charge in [-0.15, -0.1) is 0 Å². The summed E-state index contributed by atoms with van der Waals surface area (Å²) < 4.78 is 0. The van der Waals surface area contributed by atoms with Crippen LogP contribution in [0.5, 0.6) is 0 Å². The van der Waals surface area contributed by atoms with Crippen LogP contribution in [-0.2, 0) is 6.42 Å².